The van der Waals surface area contributed by atoms with Gasteiger partial charge in [-0.25, -0.2) is 9.28 Å². The summed E-state index contributed by atoms with van der Waals surface area (Å²) >= 11 is 6.31. The molecule has 5 heteroatoms. The van der Waals surface area contributed by atoms with Crippen LogP contribution in [-0.2, 0) is 9.53 Å². The number of carbonyl (C=O) groups excluding carboxylic acids is 1. The fraction of sp³-hybridized carbons (Fsp3) is 0.533. The number of quaternary nitrogens is 1. The van der Waals surface area contributed by atoms with Crippen molar-refractivity contribution in [3.05, 3.63) is 23.2 Å². The van der Waals surface area contributed by atoms with Crippen LogP contribution in [0.2, 0.25) is 5.02 Å². The first kappa shape index (κ1) is 17.0. The highest BCUT2D eigenvalue weighted by Gasteiger charge is 2.36. The first-order valence-electron chi connectivity index (χ1n) is 6.83. The predicted molar refractivity (Wildman–Crippen MR) is 82.1 cm³/mol. The third kappa shape index (κ3) is 3.72. The van der Waals surface area contributed by atoms with E-state index in [2.05, 4.69) is 0 Å². The number of ether oxygens (including phenoxy) is 2. The van der Waals surface area contributed by atoms with E-state index in [1.807, 2.05) is 26.0 Å². The number of amides is 1. The summed E-state index contributed by atoms with van der Waals surface area (Å²) in [6.45, 7) is 6.82. The van der Waals surface area contributed by atoms with Gasteiger partial charge in [0.1, 0.15) is 5.02 Å². The van der Waals surface area contributed by atoms with Crippen LogP contribution in [-0.4, -0.2) is 32.9 Å². The lowest BCUT2D eigenvalue weighted by atomic mass is 10.2. The zero-order valence-corrected chi connectivity index (χ0v) is 13.4. The first-order chi connectivity index (χ1) is 9.47. The molecular formula is C15H23ClNO3+. The van der Waals surface area contributed by atoms with Gasteiger partial charge in [-0.2, -0.15) is 0 Å². The number of benzene rings is 1. The summed E-state index contributed by atoms with van der Waals surface area (Å²) < 4.78 is 11.2. The minimum absolute atomic E-state index is 0.0352. The van der Waals surface area contributed by atoms with Gasteiger partial charge in [-0.05, 0) is 25.5 Å². The molecule has 1 aromatic rings. The van der Waals surface area contributed by atoms with E-state index < -0.39 is 0 Å². The Morgan fingerprint density at radius 2 is 2.05 bits per heavy atom. The highest BCUT2D eigenvalue weighted by molar-refractivity contribution is 6.33. The first-order valence-corrected chi connectivity index (χ1v) is 7.21. The van der Waals surface area contributed by atoms with Gasteiger partial charge in [0.2, 0.25) is 5.69 Å². The van der Waals surface area contributed by atoms with E-state index >= 15 is 0 Å². The zero-order valence-electron chi connectivity index (χ0n) is 12.6. The Labute approximate surface area is 125 Å². The number of halogens is 1. The molecule has 0 aliphatic rings. The maximum absolute atomic E-state index is 12.1. The molecule has 4 nitrogen and oxygen atoms in total. The van der Waals surface area contributed by atoms with E-state index in [0.717, 1.165) is 6.42 Å². The molecule has 0 spiro atoms. The number of carbonyl (C=O) groups is 1. The van der Waals surface area contributed by atoms with Gasteiger partial charge < -0.3 is 9.47 Å². The summed E-state index contributed by atoms with van der Waals surface area (Å²) in [6, 6.07) is 5.42. The average molecular weight is 301 g/mol. The van der Waals surface area contributed by atoms with Crippen molar-refractivity contribution >= 4 is 23.2 Å². The van der Waals surface area contributed by atoms with Crippen LogP contribution in [0.1, 0.15) is 27.2 Å². The van der Waals surface area contributed by atoms with Crippen LogP contribution >= 0.6 is 11.6 Å². The van der Waals surface area contributed by atoms with Gasteiger partial charge in [0.15, 0.2) is 12.5 Å². The normalized spacial score (nSPS) is 13.8. The Bertz CT molecular complexity index is 464. The SMILES string of the molecule is CCCOc1cccc(Cl)c1[N+](C)(COCC)C(C)=O. The van der Waals surface area contributed by atoms with Crippen LogP contribution in [0, 0.1) is 0 Å². The average Bonchev–Trinajstić information content (AvgIpc) is 2.42. The van der Waals surface area contributed by atoms with Gasteiger partial charge in [0, 0.05) is 6.61 Å². The van der Waals surface area contributed by atoms with Crippen LogP contribution in [0.25, 0.3) is 0 Å². The molecule has 1 aromatic carbocycles. The molecule has 1 rings (SSSR count). The van der Waals surface area contributed by atoms with E-state index in [1.54, 1.807) is 13.1 Å². The number of hydrogen-bond acceptors (Lipinski definition) is 3. The fourth-order valence-corrected chi connectivity index (χ4v) is 2.24. The topological polar surface area (TPSA) is 35.5 Å². The molecule has 1 unspecified atom stereocenters. The molecule has 0 aliphatic heterocycles. The standard InChI is InChI=1S/C15H23ClNO3/c1-5-10-20-14-9-7-8-13(16)15(14)17(4,12(3)18)11-19-6-2/h7-9H,5-6,10-11H2,1-4H3/q+1. The highest BCUT2D eigenvalue weighted by atomic mass is 35.5. The number of para-hydroxylation sites is 1. The van der Waals surface area contributed by atoms with E-state index in [-0.39, 0.29) is 17.1 Å². The summed E-state index contributed by atoms with van der Waals surface area (Å²) in [7, 11) is 1.79. The Hall–Kier alpha value is -1.10. The third-order valence-corrected chi connectivity index (χ3v) is 3.46. The van der Waals surface area contributed by atoms with Crippen molar-refractivity contribution in [3.63, 3.8) is 0 Å². The van der Waals surface area contributed by atoms with Gasteiger partial charge in [-0.15, -0.1) is 0 Å². The Morgan fingerprint density at radius 1 is 1.35 bits per heavy atom. The zero-order chi connectivity index (χ0) is 15.2. The van der Waals surface area contributed by atoms with Crippen molar-refractivity contribution < 1.29 is 14.3 Å². The summed E-state index contributed by atoms with van der Waals surface area (Å²) in [5, 5.41) is 0.510. The van der Waals surface area contributed by atoms with Crippen molar-refractivity contribution in [3.8, 4) is 5.75 Å². The second-order valence-corrected chi connectivity index (χ2v) is 5.17. The molecule has 0 aromatic heterocycles. The molecule has 20 heavy (non-hydrogen) atoms. The Kier molecular flexibility index (Phi) is 6.46. The molecule has 1 amide bonds. The molecule has 0 N–H and O–H groups in total. The van der Waals surface area contributed by atoms with Crippen molar-refractivity contribution in [1.82, 2.24) is 4.48 Å². The van der Waals surface area contributed by atoms with Gasteiger partial charge in [-0.3, -0.25) is 0 Å². The lowest BCUT2D eigenvalue weighted by Crippen LogP contribution is -2.51. The van der Waals surface area contributed by atoms with Crippen LogP contribution in [0.3, 0.4) is 0 Å². The van der Waals surface area contributed by atoms with Crippen molar-refractivity contribution in [2.75, 3.05) is 27.0 Å². The van der Waals surface area contributed by atoms with Gasteiger partial charge in [0.25, 0.3) is 0 Å². The third-order valence-electron chi connectivity index (χ3n) is 3.15. The molecule has 0 saturated carbocycles. The van der Waals surface area contributed by atoms with E-state index in [0.29, 0.717) is 29.7 Å². The van der Waals surface area contributed by atoms with E-state index in [1.165, 1.54) is 6.92 Å². The smallest absolute Gasteiger partial charge is 0.317 e. The Morgan fingerprint density at radius 3 is 2.60 bits per heavy atom. The lowest BCUT2D eigenvalue weighted by molar-refractivity contribution is -0.131. The molecule has 0 heterocycles. The summed E-state index contributed by atoms with van der Waals surface area (Å²) in [5.74, 6) is 0.588. The van der Waals surface area contributed by atoms with E-state index in [4.69, 9.17) is 21.1 Å². The van der Waals surface area contributed by atoms with Gasteiger partial charge >= 0.3 is 5.91 Å². The predicted octanol–water partition coefficient (Wildman–Crippen LogP) is 3.61. The van der Waals surface area contributed by atoms with Crippen LogP contribution in [0.4, 0.5) is 5.69 Å². The largest absolute Gasteiger partial charge is 0.487 e. The van der Waals surface area contributed by atoms with Crippen LogP contribution in [0.15, 0.2) is 18.2 Å². The monoisotopic (exact) mass is 300 g/mol. The molecule has 1 atom stereocenters. The summed E-state index contributed by atoms with van der Waals surface area (Å²) in [5.41, 5.74) is 0.656. The molecule has 0 fully saturated rings. The highest BCUT2D eigenvalue weighted by Crippen LogP contribution is 2.39. The summed E-state index contributed by atoms with van der Waals surface area (Å²) in [4.78, 5) is 12.1. The molecule has 0 radical (unpaired) electrons. The molecule has 0 saturated heterocycles. The second-order valence-electron chi connectivity index (χ2n) is 4.77. The minimum Gasteiger partial charge on any atom is -0.487 e. The van der Waals surface area contributed by atoms with E-state index in [9.17, 15) is 4.79 Å². The van der Waals surface area contributed by atoms with Crippen molar-refractivity contribution in [2.24, 2.45) is 0 Å². The van der Waals surface area contributed by atoms with Crippen molar-refractivity contribution in [1.29, 1.82) is 0 Å². The number of rotatable bonds is 7. The quantitative estimate of drug-likeness (QED) is 0.570. The van der Waals surface area contributed by atoms with Crippen LogP contribution < -0.4 is 9.22 Å². The molecule has 0 aliphatic carbocycles. The Balaban J connectivity index is 3.27. The molecule has 0 bridgehead atoms. The second kappa shape index (κ2) is 7.62. The molecule has 112 valence electrons. The van der Waals surface area contributed by atoms with Crippen LogP contribution in [0.5, 0.6) is 5.75 Å². The fourth-order valence-electron chi connectivity index (χ4n) is 1.89. The van der Waals surface area contributed by atoms with Gasteiger partial charge in [0.05, 0.1) is 20.6 Å². The lowest BCUT2D eigenvalue weighted by Gasteiger charge is -2.31. The maximum Gasteiger partial charge on any atom is 0.317 e. The number of hydrogen-bond donors (Lipinski definition) is 0. The minimum atomic E-state index is -0.0482. The molecular weight excluding hydrogens is 278 g/mol. The van der Waals surface area contributed by atoms with Crippen molar-refractivity contribution in [2.45, 2.75) is 27.2 Å². The van der Waals surface area contributed by atoms with Gasteiger partial charge in [-0.1, -0.05) is 24.6 Å². The number of nitrogens with zero attached hydrogens (tertiary/aromatic N) is 1. The maximum atomic E-state index is 12.1. The summed E-state index contributed by atoms with van der Waals surface area (Å²) in [6.07, 6.45) is 0.890.